The highest BCUT2D eigenvalue weighted by Gasteiger charge is 2.42. The van der Waals surface area contributed by atoms with Gasteiger partial charge in [0.2, 0.25) is 11.8 Å². The maximum absolute atomic E-state index is 13.3. The molecule has 0 saturated carbocycles. The molecular formula is C26H30FN5O5. The number of ether oxygens (including phenoxy) is 3. The summed E-state index contributed by atoms with van der Waals surface area (Å²) < 4.78 is 32.5. The van der Waals surface area contributed by atoms with Gasteiger partial charge in [0.1, 0.15) is 29.3 Å². The molecule has 0 bridgehead atoms. The number of rotatable bonds is 8. The number of fused-ring (bicyclic) bond motifs is 1. The fourth-order valence-electron chi connectivity index (χ4n) is 4.69. The van der Waals surface area contributed by atoms with Gasteiger partial charge >= 0.3 is 0 Å². The van der Waals surface area contributed by atoms with Gasteiger partial charge in [0.05, 0.1) is 44.8 Å². The normalized spacial score (nSPS) is 20.2. The monoisotopic (exact) mass is 511 g/mol. The van der Waals surface area contributed by atoms with Crippen molar-refractivity contribution in [3.8, 4) is 5.75 Å². The van der Waals surface area contributed by atoms with Crippen molar-refractivity contribution >= 4 is 22.8 Å². The van der Waals surface area contributed by atoms with Crippen LogP contribution >= 0.6 is 0 Å². The van der Waals surface area contributed by atoms with Crippen LogP contribution in [-0.2, 0) is 25.6 Å². The van der Waals surface area contributed by atoms with Gasteiger partial charge in [-0.25, -0.2) is 9.07 Å². The van der Waals surface area contributed by atoms with E-state index in [1.54, 1.807) is 14.5 Å². The molecule has 2 aliphatic rings. The first kappa shape index (κ1) is 25.1. The van der Waals surface area contributed by atoms with Crippen LogP contribution in [-0.4, -0.2) is 94.8 Å². The van der Waals surface area contributed by atoms with E-state index in [0.717, 1.165) is 11.0 Å². The number of aromatic nitrogens is 3. The molecule has 5 rings (SSSR count). The second kappa shape index (κ2) is 11.2. The maximum Gasteiger partial charge on any atom is 0.225 e. The summed E-state index contributed by atoms with van der Waals surface area (Å²) in [4.78, 5) is 29.9. The van der Waals surface area contributed by atoms with Crippen molar-refractivity contribution in [1.82, 2.24) is 24.8 Å². The van der Waals surface area contributed by atoms with Crippen molar-refractivity contribution in [2.45, 2.75) is 25.0 Å². The van der Waals surface area contributed by atoms with E-state index in [1.165, 1.54) is 24.3 Å². The lowest BCUT2D eigenvalue weighted by atomic mass is 9.96. The quantitative estimate of drug-likeness (QED) is 0.455. The van der Waals surface area contributed by atoms with Crippen molar-refractivity contribution in [2.75, 3.05) is 52.6 Å². The number of halogens is 1. The van der Waals surface area contributed by atoms with Crippen LogP contribution < -0.4 is 4.74 Å². The summed E-state index contributed by atoms with van der Waals surface area (Å²) >= 11 is 0. The first-order valence-corrected chi connectivity index (χ1v) is 12.5. The fourth-order valence-corrected chi connectivity index (χ4v) is 4.69. The van der Waals surface area contributed by atoms with Crippen LogP contribution in [0.3, 0.4) is 0 Å². The van der Waals surface area contributed by atoms with Gasteiger partial charge in [0, 0.05) is 26.1 Å². The summed E-state index contributed by atoms with van der Waals surface area (Å²) in [5.41, 5.74) is 0.618. The Labute approximate surface area is 213 Å². The number of hydrogen-bond donors (Lipinski definition) is 0. The number of carbonyl (C=O) groups is 2. The Hall–Kier alpha value is -3.57. The lowest BCUT2D eigenvalue weighted by Crippen LogP contribution is -2.58. The maximum atomic E-state index is 13.3. The lowest BCUT2D eigenvalue weighted by Gasteiger charge is -2.43. The summed E-state index contributed by atoms with van der Waals surface area (Å²) in [6.45, 7) is 3.36. The van der Waals surface area contributed by atoms with Gasteiger partial charge in [-0.15, -0.1) is 5.10 Å². The molecule has 0 spiro atoms. The summed E-state index contributed by atoms with van der Waals surface area (Å²) in [5.74, 6) is -0.0395. The zero-order chi connectivity index (χ0) is 25.7. The molecule has 0 unspecified atom stereocenters. The zero-order valence-corrected chi connectivity index (χ0v) is 20.6. The molecule has 0 N–H and O–H groups in total. The highest BCUT2D eigenvalue weighted by Crippen LogP contribution is 2.26. The highest BCUT2D eigenvalue weighted by atomic mass is 19.1. The standard InChI is InChI=1S/C26H30FN5O5/c27-20-5-7-21(8-6-20)36-19-26(17-25(34)30-11-14-35-15-12-30)18-31(13-16-37-26)24(33)9-10-32-23-4-2-1-3-22(23)28-29-32/h1-8H,9-19H2/t26-/m0/s1. The van der Waals surface area contributed by atoms with E-state index < -0.39 is 5.60 Å². The summed E-state index contributed by atoms with van der Waals surface area (Å²) in [6, 6.07) is 13.3. The van der Waals surface area contributed by atoms with Crippen molar-refractivity contribution in [3.63, 3.8) is 0 Å². The van der Waals surface area contributed by atoms with Crippen LogP contribution in [0.25, 0.3) is 11.0 Å². The molecule has 2 saturated heterocycles. The smallest absolute Gasteiger partial charge is 0.225 e. The number of carbonyl (C=O) groups excluding carboxylic acids is 2. The van der Waals surface area contributed by atoms with Crippen molar-refractivity contribution in [1.29, 1.82) is 0 Å². The van der Waals surface area contributed by atoms with Gasteiger partial charge in [-0.3, -0.25) is 9.59 Å². The molecule has 2 aliphatic heterocycles. The number of benzene rings is 2. The van der Waals surface area contributed by atoms with Crippen LogP contribution in [0.1, 0.15) is 12.8 Å². The van der Waals surface area contributed by atoms with Crippen molar-refractivity contribution in [2.24, 2.45) is 0 Å². The molecule has 0 radical (unpaired) electrons. The zero-order valence-electron chi connectivity index (χ0n) is 20.6. The molecule has 2 fully saturated rings. The Morgan fingerprint density at radius 1 is 0.973 bits per heavy atom. The third-order valence-corrected chi connectivity index (χ3v) is 6.71. The van der Waals surface area contributed by atoms with E-state index >= 15 is 0 Å². The van der Waals surface area contributed by atoms with E-state index in [-0.39, 0.29) is 50.2 Å². The summed E-state index contributed by atoms with van der Waals surface area (Å²) in [6.07, 6.45) is 0.297. The molecule has 2 amide bonds. The molecule has 3 aromatic rings. The van der Waals surface area contributed by atoms with Crippen LogP contribution in [0.2, 0.25) is 0 Å². The Bertz CT molecular complexity index is 1230. The largest absolute Gasteiger partial charge is 0.490 e. The van der Waals surface area contributed by atoms with Crippen LogP contribution in [0, 0.1) is 5.82 Å². The van der Waals surface area contributed by atoms with E-state index in [1.807, 2.05) is 24.3 Å². The number of hydrogen-bond acceptors (Lipinski definition) is 7. The van der Waals surface area contributed by atoms with Gasteiger partial charge in [0.25, 0.3) is 0 Å². The third-order valence-electron chi connectivity index (χ3n) is 6.71. The fraction of sp³-hybridized carbons (Fsp3) is 0.462. The summed E-state index contributed by atoms with van der Waals surface area (Å²) in [5, 5.41) is 8.31. The molecule has 1 atom stereocenters. The molecule has 11 heteroatoms. The second-order valence-electron chi connectivity index (χ2n) is 9.31. The number of para-hydroxylation sites is 1. The van der Waals surface area contributed by atoms with E-state index in [4.69, 9.17) is 14.2 Å². The van der Waals surface area contributed by atoms with Crippen LogP contribution in [0.5, 0.6) is 5.75 Å². The molecule has 3 heterocycles. The SMILES string of the molecule is O=C(C[C@@]1(COc2ccc(F)cc2)CN(C(=O)CCn2nnc3ccccc32)CCO1)N1CCOCC1. The predicted molar refractivity (Wildman–Crippen MR) is 131 cm³/mol. The predicted octanol–water partition coefficient (Wildman–Crippen LogP) is 1.89. The van der Waals surface area contributed by atoms with Gasteiger partial charge in [-0.2, -0.15) is 0 Å². The first-order valence-electron chi connectivity index (χ1n) is 12.5. The van der Waals surface area contributed by atoms with Gasteiger partial charge in [-0.1, -0.05) is 17.3 Å². The van der Waals surface area contributed by atoms with E-state index in [9.17, 15) is 14.0 Å². The number of nitrogens with zero attached hydrogens (tertiary/aromatic N) is 5. The van der Waals surface area contributed by atoms with Crippen molar-refractivity contribution in [3.05, 3.63) is 54.3 Å². The average Bonchev–Trinajstić information content (AvgIpc) is 3.35. The lowest BCUT2D eigenvalue weighted by molar-refractivity contribution is -0.167. The van der Waals surface area contributed by atoms with Gasteiger partial charge < -0.3 is 24.0 Å². The topological polar surface area (TPSA) is 99.0 Å². The minimum atomic E-state index is -1.03. The van der Waals surface area contributed by atoms with E-state index in [2.05, 4.69) is 10.3 Å². The third kappa shape index (κ3) is 6.05. The Morgan fingerprint density at radius 2 is 1.73 bits per heavy atom. The number of aryl methyl sites for hydroxylation is 1. The first-order chi connectivity index (χ1) is 18.0. The van der Waals surface area contributed by atoms with Gasteiger partial charge in [-0.05, 0) is 36.4 Å². The molecule has 0 aliphatic carbocycles. The molecule has 37 heavy (non-hydrogen) atoms. The minimum absolute atomic E-state index is 0.0478. The second-order valence-corrected chi connectivity index (χ2v) is 9.31. The Kier molecular flexibility index (Phi) is 7.61. The van der Waals surface area contributed by atoms with Crippen molar-refractivity contribution < 1.29 is 28.2 Å². The molecular weight excluding hydrogens is 481 g/mol. The molecule has 1 aromatic heterocycles. The average molecular weight is 512 g/mol. The minimum Gasteiger partial charge on any atom is -0.490 e. The number of amides is 2. The number of morpholine rings is 2. The van der Waals surface area contributed by atoms with Crippen LogP contribution in [0.4, 0.5) is 4.39 Å². The highest BCUT2D eigenvalue weighted by molar-refractivity contribution is 5.79. The Morgan fingerprint density at radius 3 is 2.54 bits per heavy atom. The van der Waals surface area contributed by atoms with Gasteiger partial charge in [0.15, 0.2) is 0 Å². The Balaban J connectivity index is 1.27. The summed E-state index contributed by atoms with van der Waals surface area (Å²) in [7, 11) is 0. The van der Waals surface area contributed by atoms with Crippen LogP contribution in [0.15, 0.2) is 48.5 Å². The molecule has 10 nitrogen and oxygen atoms in total. The molecule has 196 valence electrons. The van der Waals surface area contributed by atoms with E-state index in [0.29, 0.717) is 45.1 Å². The molecule has 2 aromatic carbocycles.